The van der Waals surface area contributed by atoms with Gasteiger partial charge in [0.05, 0.1) is 0 Å². The third kappa shape index (κ3) is 2.77. The Hall–Kier alpha value is -0.860. The van der Waals surface area contributed by atoms with Crippen molar-refractivity contribution in [3.05, 3.63) is 35.9 Å². The minimum atomic E-state index is 0.361. The van der Waals surface area contributed by atoms with Crippen molar-refractivity contribution in [3.8, 4) is 0 Å². The Morgan fingerprint density at radius 1 is 1.10 bits per heavy atom. The van der Waals surface area contributed by atoms with Crippen LogP contribution in [0.5, 0.6) is 0 Å². The molecule has 2 heteroatoms. The van der Waals surface area contributed by atoms with Gasteiger partial charge in [-0.15, -0.1) is 0 Å². The summed E-state index contributed by atoms with van der Waals surface area (Å²) in [4.78, 5) is 2.68. The molecule has 2 nitrogen and oxygen atoms in total. The van der Waals surface area contributed by atoms with Crippen LogP contribution in [0.15, 0.2) is 30.3 Å². The number of benzene rings is 1. The van der Waals surface area contributed by atoms with Gasteiger partial charge >= 0.3 is 0 Å². The van der Waals surface area contributed by atoms with Gasteiger partial charge in [-0.3, -0.25) is 4.90 Å². The molecule has 1 saturated carbocycles. The number of hydrogen-bond donors (Lipinski definition) is 1. The Balaban J connectivity index is 1.76. The molecule has 2 N–H and O–H groups in total. The molecule has 20 heavy (non-hydrogen) atoms. The zero-order valence-electron chi connectivity index (χ0n) is 12.9. The summed E-state index contributed by atoms with van der Waals surface area (Å²) in [6.45, 7) is 6.96. The zero-order chi connectivity index (χ0) is 14.2. The third-order valence-corrected chi connectivity index (χ3v) is 5.52. The Bertz CT molecular complexity index is 442. The number of likely N-dealkylation sites (tertiary alicyclic amines) is 1. The molecule has 1 aliphatic carbocycles. The molecule has 1 spiro atoms. The first-order chi connectivity index (χ1) is 9.49. The Labute approximate surface area is 123 Å². The molecular formula is C18H28N2. The van der Waals surface area contributed by atoms with E-state index >= 15 is 0 Å². The summed E-state index contributed by atoms with van der Waals surface area (Å²) < 4.78 is 0. The van der Waals surface area contributed by atoms with Crippen LogP contribution in [0.4, 0.5) is 0 Å². The average molecular weight is 272 g/mol. The monoisotopic (exact) mass is 272 g/mol. The van der Waals surface area contributed by atoms with Crippen molar-refractivity contribution < 1.29 is 0 Å². The van der Waals surface area contributed by atoms with Crippen molar-refractivity contribution in [1.29, 1.82) is 0 Å². The SMILES string of the molecule is CC1(C)CCC2(CC1)CC(N)CN2Cc1ccccc1. The number of nitrogens with two attached hydrogens (primary N) is 1. The summed E-state index contributed by atoms with van der Waals surface area (Å²) in [5, 5.41) is 0. The molecule has 0 bridgehead atoms. The molecule has 0 amide bonds. The van der Waals surface area contributed by atoms with Crippen molar-refractivity contribution in [2.24, 2.45) is 11.1 Å². The van der Waals surface area contributed by atoms with E-state index in [4.69, 9.17) is 5.73 Å². The molecule has 1 saturated heterocycles. The van der Waals surface area contributed by atoms with Gasteiger partial charge in [0.1, 0.15) is 0 Å². The molecule has 1 atom stereocenters. The molecule has 2 fully saturated rings. The van der Waals surface area contributed by atoms with Crippen LogP contribution in [0, 0.1) is 5.41 Å². The first-order valence-corrected chi connectivity index (χ1v) is 8.04. The van der Waals surface area contributed by atoms with Gasteiger partial charge in [-0.05, 0) is 43.1 Å². The van der Waals surface area contributed by atoms with Gasteiger partial charge in [0.15, 0.2) is 0 Å². The van der Waals surface area contributed by atoms with Gasteiger partial charge in [0.25, 0.3) is 0 Å². The van der Waals surface area contributed by atoms with Crippen LogP contribution in [-0.2, 0) is 6.54 Å². The molecule has 110 valence electrons. The van der Waals surface area contributed by atoms with E-state index in [2.05, 4.69) is 49.1 Å². The van der Waals surface area contributed by atoms with E-state index in [0.29, 0.717) is 17.0 Å². The van der Waals surface area contributed by atoms with Crippen molar-refractivity contribution in [2.45, 2.75) is 64.1 Å². The fourth-order valence-electron chi connectivity index (χ4n) is 4.11. The van der Waals surface area contributed by atoms with Crippen molar-refractivity contribution in [1.82, 2.24) is 4.90 Å². The molecule has 0 aromatic heterocycles. The van der Waals surface area contributed by atoms with Crippen LogP contribution in [0.1, 0.15) is 51.5 Å². The second-order valence-electron chi connectivity index (χ2n) is 7.72. The lowest BCUT2D eigenvalue weighted by atomic mass is 9.68. The number of hydrogen-bond acceptors (Lipinski definition) is 2. The van der Waals surface area contributed by atoms with Gasteiger partial charge in [-0.2, -0.15) is 0 Å². The maximum Gasteiger partial charge on any atom is 0.0239 e. The van der Waals surface area contributed by atoms with Crippen molar-refractivity contribution >= 4 is 0 Å². The summed E-state index contributed by atoms with van der Waals surface area (Å²) in [7, 11) is 0. The van der Waals surface area contributed by atoms with Crippen LogP contribution in [0.3, 0.4) is 0 Å². The topological polar surface area (TPSA) is 29.3 Å². The standard InChI is InChI=1S/C18H28N2/c1-17(2)8-10-18(11-9-17)12-16(19)14-20(18)13-15-6-4-3-5-7-15/h3-7,16H,8-14,19H2,1-2H3. The highest BCUT2D eigenvalue weighted by atomic mass is 15.2. The van der Waals surface area contributed by atoms with E-state index < -0.39 is 0 Å². The van der Waals surface area contributed by atoms with Crippen LogP contribution >= 0.6 is 0 Å². The van der Waals surface area contributed by atoms with Crippen molar-refractivity contribution in [3.63, 3.8) is 0 Å². The average Bonchev–Trinajstić information content (AvgIpc) is 2.71. The van der Waals surface area contributed by atoms with E-state index in [0.717, 1.165) is 13.1 Å². The summed E-state index contributed by atoms with van der Waals surface area (Å²) in [5.41, 5.74) is 8.64. The van der Waals surface area contributed by atoms with E-state index in [1.807, 2.05) is 0 Å². The molecular weight excluding hydrogens is 244 g/mol. The smallest absolute Gasteiger partial charge is 0.0239 e. The van der Waals surface area contributed by atoms with Crippen LogP contribution in [0.2, 0.25) is 0 Å². The van der Waals surface area contributed by atoms with E-state index in [9.17, 15) is 0 Å². The molecule has 1 unspecified atom stereocenters. The summed E-state index contributed by atoms with van der Waals surface area (Å²) in [6.07, 6.45) is 6.51. The molecule has 1 aromatic carbocycles. The predicted octanol–water partition coefficient (Wildman–Crippen LogP) is 3.56. The summed E-state index contributed by atoms with van der Waals surface area (Å²) in [6, 6.07) is 11.2. The number of rotatable bonds is 2. The predicted molar refractivity (Wildman–Crippen MR) is 84.4 cm³/mol. The van der Waals surface area contributed by atoms with Crippen LogP contribution < -0.4 is 5.73 Å². The molecule has 1 aliphatic heterocycles. The molecule has 1 heterocycles. The number of nitrogens with zero attached hydrogens (tertiary/aromatic N) is 1. The first kappa shape index (κ1) is 14.1. The maximum atomic E-state index is 6.31. The van der Waals surface area contributed by atoms with Gasteiger partial charge < -0.3 is 5.73 Å². The molecule has 3 rings (SSSR count). The first-order valence-electron chi connectivity index (χ1n) is 8.04. The highest BCUT2D eigenvalue weighted by molar-refractivity contribution is 5.16. The zero-order valence-corrected chi connectivity index (χ0v) is 12.9. The lowest BCUT2D eigenvalue weighted by Gasteiger charge is -2.46. The van der Waals surface area contributed by atoms with Gasteiger partial charge in [0.2, 0.25) is 0 Å². The minimum absolute atomic E-state index is 0.361. The second kappa shape index (κ2) is 5.16. The van der Waals surface area contributed by atoms with Gasteiger partial charge in [-0.25, -0.2) is 0 Å². The van der Waals surface area contributed by atoms with Crippen LogP contribution in [-0.4, -0.2) is 23.0 Å². The molecule has 2 aliphatic rings. The highest BCUT2D eigenvalue weighted by Crippen LogP contribution is 2.47. The summed E-state index contributed by atoms with van der Waals surface area (Å²) >= 11 is 0. The quantitative estimate of drug-likeness (QED) is 0.892. The Morgan fingerprint density at radius 3 is 2.40 bits per heavy atom. The maximum absolute atomic E-state index is 6.31. The normalized spacial score (nSPS) is 28.9. The van der Waals surface area contributed by atoms with Gasteiger partial charge in [0, 0.05) is 24.7 Å². The van der Waals surface area contributed by atoms with E-state index in [1.54, 1.807) is 0 Å². The third-order valence-electron chi connectivity index (χ3n) is 5.52. The van der Waals surface area contributed by atoms with Gasteiger partial charge in [-0.1, -0.05) is 44.2 Å². The molecule has 0 radical (unpaired) electrons. The second-order valence-corrected chi connectivity index (χ2v) is 7.72. The lowest BCUT2D eigenvalue weighted by Crippen LogP contribution is -2.47. The van der Waals surface area contributed by atoms with E-state index in [1.165, 1.54) is 37.7 Å². The Kier molecular flexibility index (Phi) is 3.64. The van der Waals surface area contributed by atoms with Crippen LogP contribution in [0.25, 0.3) is 0 Å². The Morgan fingerprint density at radius 2 is 1.75 bits per heavy atom. The fraction of sp³-hybridized carbons (Fsp3) is 0.667. The fourth-order valence-corrected chi connectivity index (χ4v) is 4.11. The highest BCUT2D eigenvalue weighted by Gasteiger charge is 2.47. The largest absolute Gasteiger partial charge is 0.326 e. The van der Waals surface area contributed by atoms with Crippen molar-refractivity contribution in [2.75, 3.05) is 6.54 Å². The molecule has 1 aromatic rings. The van der Waals surface area contributed by atoms with E-state index in [-0.39, 0.29) is 0 Å². The lowest BCUT2D eigenvalue weighted by molar-refractivity contribution is 0.0442. The minimum Gasteiger partial charge on any atom is -0.326 e. The summed E-state index contributed by atoms with van der Waals surface area (Å²) in [5.74, 6) is 0.